The molecular weight excluding hydrogens is 200 g/mol. The van der Waals surface area contributed by atoms with Crippen LogP contribution in [0.1, 0.15) is 23.2 Å². The highest BCUT2D eigenvalue weighted by Gasteiger charge is 2.16. The molecule has 0 saturated carbocycles. The Morgan fingerprint density at radius 3 is 3.14 bits per heavy atom. The van der Waals surface area contributed by atoms with Gasteiger partial charge in [0.25, 0.3) is 0 Å². The minimum atomic E-state index is -0.175. The molecule has 0 bridgehead atoms. The van der Waals surface area contributed by atoms with Crippen molar-refractivity contribution in [1.82, 2.24) is 18.3 Å². The molecule has 0 unspecified atom stereocenters. The Kier molecular flexibility index (Phi) is 2.36. The van der Waals surface area contributed by atoms with Gasteiger partial charge in [0.05, 0.1) is 17.9 Å². The average Bonchev–Trinajstić information content (AvgIpc) is 2.87. The van der Waals surface area contributed by atoms with Crippen LogP contribution in [0.25, 0.3) is 0 Å². The van der Waals surface area contributed by atoms with Crippen molar-refractivity contribution in [3.63, 3.8) is 0 Å². The van der Waals surface area contributed by atoms with E-state index in [-0.39, 0.29) is 5.78 Å². The van der Waals surface area contributed by atoms with Crippen LogP contribution in [-0.4, -0.2) is 24.1 Å². The van der Waals surface area contributed by atoms with E-state index in [4.69, 9.17) is 0 Å². The van der Waals surface area contributed by atoms with E-state index >= 15 is 0 Å². The van der Waals surface area contributed by atoms with Crippen molar-refractivity contribution in [3.8, 4) is 0 Å². The summed E-state index contributed by atoms with van der Waals surface area (Å²) in [6, 6.07) is 0. The van der Waals surface area contributed by atoms with Crippen molar-refractivity contribution in [2.24, 2.45) is 0 Å². The van der Waals surface area contributed by atoms with Crippen molar-refractivity contribution in [3.05, 3.63) is 30.1 Å². The highest BCUT2D eigenvalue weighted by atomic mass is 32.1. The Morgan fingerprint density at radius 2 is 2.50 bits per heavy atom. The lowest BCUT2D eigenvalue weighted by Gasteiger charge is -2.00. The van der Waals surface area contributed by atoms with Crippen molar-refractivity contribution >= 4 is 17.5 Å². The normalized spacial score (nSPS) is 10.4. The van der Waals surface area contributed by atoms with Crippen LogP contribution in [0.15, 0.2) is 18.6 Å². The molecule has 14 heavy (non-hydrogen) atoms. The zero-order chi connectivity index (χ0) is 9.97. The summed E-state index contributed by atoms with van der Waals surface area (Å²) in [5.74, 6) is 0.241. The van der Waals surface area contributed by atoms with Gasteiger partial charge in [-0.25, -0.2) is 4.98 Å². The van der Waals surface area contributed by atoms with E-state index in [1.165, 1.54) is 6.20 Å². The number of carbonyl (C=O) groups is 1. The SMILES string of the molecule is CCn1ccnc1C(=O)c1cnsn1. The average molecular weight is 208 g/mol. The Balaban J connectivity index is 2.36. The first kappa shape index (κ1) is 9.01. The van der Waals surface area contributed by atoms with Gasteiger partial charge >= 0.3 is 0 Å². The zero-order valence-corrected chi connectivity index (χ0v) is 8.36. The van der Waals surface area contributed by atoms with Crippen molar-refractivity contribution < 1.29 is 4.79 Å². The molecule has 2 aromatic rings. The first-order chi connectivity index (χ1) is 6.83. The molecule has 0 fully saturated rings. The van der Waals surface area contributed by atoms with Crippen LogP contribution in [0.4, 0.5) is 0 Å². The third-order valence-corrected chi connectivity index (χ3v) is 2.33. The molecule has 2 aromatic heterocycles. The smallest absolute Gasteiger partial charge is 0.249 e. The van der Waals surface area contributed by atoms with Gasteiger partial charge in [0.1, 0.15) is 5.69 Å². The molecule has 0 spiro atoms. The highest BCUT2D eigenvalue weighted by molar-refractivity contribution is 6.99. The molecular formula is C8H8N4OS. The topological polar surface area (TPSA) is 60.7 Å². The van der Waals surface area contributed by atoms with Gasteiger partial charge < -0.3 is 4.57 Å². The van der Waals surface area contributed by atoms with E-state index < -0.39 is 0 Å². The zero-order valence-electron chi connectivity index (χ0n) is 7.54. The van der Waals surface area contributed by atoms with Gasteiger partial charge in [0, 0.05) is 18.9 Å². The van der Waals surface area contributed by atoms with Crippen LogP contribution in [-0.2, 0) is 6.54 Å². The molecule has 6 heteroatoms. The van der Waals surface area contributed by atoms with Crippen LogP contribution in [0.5, 0.6) is 0 Å². The molecule has 0 aliphatic heterocycles. The Hall–Kier alpha value is -1.56. The first-order valence-corrected chi connectivity index (χ1v) is 4.89. The summed E-state index contributed by atoms with van der Waals surface area (Å²) in [6.45, 7) is 2.68. The summed E-state index contributed by atoms with van der Waals surface area (Å²) in [4.78, 5) is 15.8. The lowest BCUT2D eigenvalue weighted by atomic mass is 10.3. The molecule has 0 N–H and O–H groups in total. The molecule has 0 aliphatic rings. The third-order valence-electron chi connectivity index (χ3n) is 1.85. The number of imidazole rings is 1. The molecule has 0 atom stereocenters. The van der Waals surface area contributed by atoms with Gasteiger partial charge in [-0.3, -0.25) is 4.79 Å². The fraction of sp³-hybridized carbons (Fsp3) is 0.250. The summed E-state index contributed by atoms with van der Waals surface area (Å²) in [7, 11) is 0. The van der Waals surface area contributed by atoms with Crippen LogP contribution in [0.2, 0.25) is 0 Å². The Labute approximate surface area is 84.7 Å². The molecule has 2 rings (SSSR count). The molecule has 2 heterocycles. The summed E-state index contributed by atoms with van der Waals surface area (Å²) in [5, 5.41) is 0. The minimum absolute atomic E-state index is 0.175. The fourth-order valence-electron chi connectivity index (χ4n) is 1.15. The van der Waals surface area contributed by atoms with E-state index in [0.29, 0.717) is 11.5 Å². The summed E-state index contributed by atoms with van der Waals surface area (Å²) in [6.07, 6.45) is 4.84. The van der Waals surface area contributed by atoms with Crippen LogP contribution in [0, 0.1) is 0 Å². The fourth-order valence-corrected chi connectivity index (χ4v) is 1.56. The Bertz CT molecular complexity index is 434. The largest absolute Gasteiger partial charge is 0.328 e. The number of hydrogen-bond acceptors (Lipinski definition) is 5. The van der Waals surface area contributed by atoms with Crippen LogP contribution in [0.3, 0.4) is 0 Å². The lowest BCUT2D eigenvalue weighted by molar-refractivity contribution is 0.102. The second-order valence-corrected chi connectivity index (χ2v) is 3.22. The summed E-state index contributed by atoms with van der Waals surface area (Å²) >= 11 is 1.02. The van der Waals surface area contributed by atoms with E-state index in [2.05, 4.69) is 13.7 Å². The number of ketones is 1. The first-order valence-electron chi connectivity index (χ1n) is 4.16. The quantitative estimate of drug-likeness (QED) is 0.705. The number of aryl methyl sites for hydroxylation is 1. The van der Waals surface area contributed by atoms with Crippen molar-refractivity contribution in [2.75, 3.05) is 0 Å². The van der Waals surface area contributed by atoms with Gasteiger partial charge in [-0.2, -0.15) is 8.75 Å². The highest BCUT2D eigenvalue weighted by Crippen LogP contribution is 2.06. The molecule has 0 saturated heterocycles. The third kappa shape index (κ3) is 1.44. The molecule has 0 amide bonds. The van der Waals surface area contributed by atoms with E-state index in [0.717, 1.165) is 18.3 Å². The second-order valence-electron chi connectivity index (χ2n) is 2.66. The lowest BCUT2D eigenvalue weighted by Crippen LogP contribution is -2.10. The maximum Gasteiger partial charge on any atom is 0.249 e. The van der Waals surface area contributed by atoms with Crippen molar-refractivity contribution in [1.29, 1.82) is 0 Å². The standard InChI is InChI=1S/C8H8N4OS/c1-2-12-4-3-9-8(12)7(13)6-5-10-14-11-6/h3-5H,2H2,1H3. The molecule has 0 radical (unpaired) electrons. The number of carbonyl (C=O) groups excluding carboxylic acids is 1. The van der Waals surface area contributed by atoms with E-state index in [1.54, 1.807) is 17.0 Å². The molecule has 0 aromatic carbocycles. The Morgan fingerprint density at radius 1 is 1.64 bits per heavy atom. The minimum Gasteiger partial charge on any atom is -0.328 e. The predicted octanol–water partition coefficient (Wildman–Crippen LogP) is 0.985. The van der Waals surface area contributed by atoms with Gasteiger partial charge in [-0.15, -0.1) is 0 Å². The predicted molar refractivity (Wildman–Crippen MR) is 51.2 cm³/mol. The van der Waals surface area contributed by atoms with E-state index in [1.807, 2.05) is 6.92 Å². The number of aromatic nitrogens is 4. The molecule has 0 aliphatic carbocycles. The van der Waals surface area contributed by atoms with Gasteiger partial charge in [0.2, 0.25) is 5.78 Å². The van der Waals surface area contributed by atoms with Gasteiger partial charge in [-0.05, 0) is 6.92 Å². The number of hydrogen-bond donors (Lipinski definition) is 0. The maximum absolute atomic E-state index is 11.8. The van der Waals surface area contributed by atoms with E-state index in [9.17, 15) is 4.79 Å². The van der Waals surface area contributed by atoms with Gasteiger partial charge in [-0.1, -0.05) is 0 Å². The van der Waals surface area contributed by atoms with Gasteiger partial charge in [0.15, 0.2) is 5.82 Å². The second kappa shape index (κ2) is 3.67. The molecule has 72 valence electrons. The summed E-state index contributed by atoms with van der Waals surface area (Å²) < 4.78 is 9.44. The number of nitrogens with zero attached hydrogens (tertiary/aromatic N) is 4. The van der Waals surface area contributed by atoms with Crippen molar-refractivity contribution in [2.45, 2.75) is 13.5 Å². The number of rotatable bonds is 3. The molecule has 5 nitrogen and oxygen atoms in total. The van der Waals surface area contributed by atoms with Crippen LogP contribution >= 0.6 is 11.7 Å². The van der Waals surface area contributed by atoms with Crippen LogP contribution < -0.4 is 0 Å². The maximum atomic E-state index is 11.8. The summed E-state index contributed by atoms with van der Waals surface area (Å²) in [5.41, 5.74) is 0.357. The monoisotopic (exact) mass is 208 g/mol.